The lowest BCUT2D eigenvalue weighted by molar-refractivity contribution is 0.109. The zero-order valence-electron chi connectivity index (χ0n) is 12.5. The lowest BCUT2D eigenvalue weighted by atomic mass is 9.80. The molecule has 6 heteroatoms. The van der Waals surface area contributed by atoms with Crippen LogP contribution in [0.3, 0.4) is 0 Å². The van der Waals surface area contributed by atoms with Gasteiger partial charge >= 0.3 is 0 Å². The molecule has 0 bridgehead atoms. The molecular weight excluding hydrogens is 360 g/mol. The van der Waals surface area contributed by atoms with Gasteiger partial charge in [0.2, 0.25) is 0 Å². The highest BCUT2D eigenvalue weighted by atomic mass is 79.9. The molecule has 0 fully saturated rings. The predicted molar refractivity (Wildman–Crippen MR) is 90.4 cm³/mol. The molecule has 2 aliphatic rings. The number of nitrogens with two attached hydrogens (primary N) is 1. The number of amidine groups is 1. The Bertz CT molecular complexity index is 821. The van der Waals surface area contributed by atoms with E-state index in [1.807, 2.05) is 36.4 Å². The van der Waals surface area contributed by atoms with Crippen LogP contribution in [-0.2, 0) is 10.3 Å². The Morgan fingerprint density at radius 1 is 1.17 bits per heavy atom. The van der Waals surface area contributed by atoms with Gasteiger partial charge in [-0.3, -0.25) is 4.99 Å². The first-order chi connectivity index (χ1) is 11.1. The van der Waals surface area contributed by atoms with Gasteiger partial charge in [0.25, 0.3) is 0 Å². The lowest BCUT2D eigenvalue weighted by Gasteiger charge is -2.39. The number of ether oxygens (including phenoxy) is 3. The van der Waals surface area contributed by atoms with Crippen LogP contribution in [0.5, 0.6) is 17.2 Å². The number of hydrogen-bond donors (Lipinski definition) is 1. The Kier molecular flexibility index (Phi) is 3.32. The Morgan fingerprint density at radius 2 is 1.91 bits per heavy atom. The van der Waals surface area contributed by atoms with Crippen molar-refractivity contribution in [2.45, 2.75) is 5.54 Å². The van der Waals surface area contributed by atoms with E-state index in [9.17, 15) is 0 Å². The maximum Gasteiger partial charge on any atom is 0.143 e. The van der Waals surface area contributed by atoms with Gasteiger partial charge in [-0.2, -0.15) is 0 Å². The van der Waals surface area contributed by atoms with E-state index >= 15 is 0 Å². The fourth-order valence-corrected chi connectivity index (χ4v) is 3.48. The number of halogens is 1. The van der Waals surface area contributed by atoms with Crippen LogP contribution in [0, 0.1) is 0 Å². The van der Waals surface area contributed by atoms with Gasteiger partial charge in [0, 0.05) is 15.6 Å². The van der Waals surface area contributed by atoms with Crippen LogP contribution < -0.4 is 15.2 Å². The minimum atomic E-state index is -0.719. The van der Waals surface area contributed by atoms with Gasteiger partial charge in [-0.15, -0.1) is 0 Å². The first kappa shape index (κ1) is 14.5. The van der Waals surface area contributed by atoms with Gasteiger partial charge in [-0.1, -0.05) is 15.9 Å². The van der Waals surface area contributed by atoms with Crippen LogP contribution in [0.15, 0.2) is 45.9 Å². The van der Waals surface area contributed by atoms with Crippen LogP contribution in [0.1, 0.15) is 11.1 Å². The van der Waals surface area contributed by atoms with Crippen molar-refractivity contribution in [3.63, 3.8) is 0 Å². The Hall–Kier alpha value is -2.05. The molecule has 2 heterocycles. The van der Waals surface area contributed by atoms with Crippen molar-refractivity contribution in [2.24, 2.45) is 10.7 Å². The second kappa shape index (κ2) is 5.25. The third kappa shape index (κ3) is 2.21. The van der Waals surface area contributed by atoms with Gasteiger partial charge in [-0.05, 0) is 36.4 Å². The molecule has 1 atom stereocenters. The molecule has 0 unspecified atom stereocenters. The van der Waals surface area contributed by atoms with E-state index in [2.05, 4.69) is 15.9 Å². The van der Waals surface area contributed by atoms with Crippen molar-refractivity contribution < 1.29 is 14.2 Å². The van der Waals surface area contributed by atoms with E-state index in [1.54, 1.807) is 7.11 Å². The summed E-state index contributed by atoms with van der Waals surface area (Å²) in [5, 5.41) is 0. The molecule has 5 nitrogen and oxygen atoms in total. The first-order valence-corrected chi connectivity index (χ1v) is 8.00. The molecule has 2 aromatic rings. The average molecular weight is 375 g/mol. The zero-order chi connectivity index (χ0) is 16.0. The smallest absolute Gasteiger partial charge is 0.143 e. The van der Waals surface area contributed by atoms with Crippen LogP contribution in [0.2, 0.25) is 0 Å². The van der Waals surface area contributed by atoms with E-state index in [-0.39, 0.29) is 0 Å². The maximum atomic E-state index is 6.05. The molecule has 0 aromatic heterocycles. The summed E-state index contributed by atoms with van der Waals surface area (Å²) in [6.45, 7) is 0.742. The number of aliphatic imine (C=N–C) groups is 1. The molecule has 1 spiro atoms. The van der Waals surface area contributed by atoms with Crippen LogP contribution >= 0.6 is 15.9 Å². The largest absolute Gasteiger partial charge is 0.497 e. The maximum absolute atomic E-state index is 6.05. The highest BCUT2D eigenvalue weighted by Crippen LogP contribution is 2.51. The molecule has 23 heavy (non-hydrogen) atoms. The summed E-state index contributed by atoms with van der Waals surface area (Å²) in [7, 11) is 1.64. The van der Waals surface area contributed by atoms with Crippen molar-refractivity contribution in [1.29, 1.82) is 0 Å². The van der Waals surface area contributed by atoms with Crippen LogP contribution in [0.4, 0.5) is 0 Å². The van der Waals surface area contributed by atoms with Crippen molar-refractivity contribution in [3.05, 3.63) is 52.0 Å². The van der Waals surface area contributed by atoms with Gasteiger partial charge in [-0.25, -0.2) is 0 Å². The average Bonchev–Trinajstić information content (AvgIpc) is 2.56. The Morgan fingerprint density at radius 3 is 2.65 bits per heavy atom. The lowest BCUT2D eigenvalue weighted by Crippen LogP contribution is -2.42. The summed E-state index contributed by atoms with van der Waals surface area (Å²) in [5.41, 5.74) is 7.11. The highest BCUT2D eigenvalue weighted by Gasteiger charge is 2.45. The Balaban J connectivity index is 2.03. The molecular formula is C17H15BrN2O3. The predicted octanol–water partition coefficient (Wildman–Crippen LogP) is 3.19. The Labute approximate surface area is 142 Å². The minimum Gasteiger partial charge on any atom is -0.497 e. The van der Waals surface area contributed by atoms with Gasteiger partial charge in [0.15, 0.2) is 0 Å². The summed E-state index contributed by atoms with van der Waals surface area (Å²) in [6, 6.07) is 11.6. The molecule has 2 aromatic carbocycles. The summed E-state index contributed by atoms with van der Waals surface area (Å²) >= 11 is 3.52. The van der Waals surface area contributed by atoms with Crippen molar-refractivity contribution in [2.75, 3.05) is 20.3 Å². The second-order valence-electron chi connectivity index (χ2n) is 5.56. The van der Waals surface area contributed by atoms with E-state index in [0.717, 1.165) is 32.8 Å². The number of fused-ring (bicyclic) bond motifs is 4. The van der Waals surface area contributed by atoms with E-state index in [0.29, 0.717) is 19.0 Å². The SMILES string of the molecule is COc1ccc2c(c1)[C@]1(COCC(N)=N1)c1cc(Br)ccc1O2. The van der Waals surface area contributed by atoms with Crippen molar-refractivity contribution >= 4 is 21.8 Å². The first-order valence-electron chi connectivity index (χ1n) is 7.21. The molecule has 2 N–H and O–H groups in total. The second-order valence-corrected chi connectivity index (χ2v) is 6.48. The minimum absolute atomic E-state index is 0.339. The standard InChI is InChI=1S/C17H15BrN2O3/c1-21-11-3-5-15-13(7-11)17(9-22-8-16(19)20-17)12-6-10(18)2-4-14(12)23-15/h2-7H,8-9H2,1H3,(H2,19,20)/t17-/m0/s1. The quantitative estimate of drug-likeness (QED) is 0.832. The third-order valence-corrected chi connectivity index (χ3v) is 4.63. The van der Waals surface area contributed by atoms with Crippen LogP contribution in [-0.4, -0.2) is 26.2 Å². The molecule has 0 saturated carbocycles. The van der Waals surface area contributed by atoms with Gasteiger partial charge < -0.3 is 19.9 Å². The fraction of sp³-hybridized carbons (Fsp3) is 0.235. The molecule has 0 aliphatic carbocycles. The third-order valence-electron chi connectivity index (χ3n) is 4.13. The number of methoxy groups -OCH3 is 1. The molecule has 2 aliphatic heterocycles. The van der Waals surface area contributed by atoms with Crippen molar-refractivity contribution in [1.82, 2.24) is 0 Å². The monoisotopic (exact) mass is 374 g/mol. The molecule has 118 valence electrons. The van der Waals surface area contributed by atoms with E-state index in [4.69, 9.17) is 24.9 Å². The van der Waals surface area contributed by atoms with Crippen molar-refractivity contribution in [3.8, 4) is 17.2 Å². The fourth-order valence-electron chi connectivity index (χ4n) is 3.12. The zero-order valence-corrected chi connectivity index (χ0v) is 14.1. The van der Waals surface area contributed by atoms with Gasteiger partial charge in [0.1, 0.15) is 35.2 Å². The summed E-state index contributed by atoms with van der Waals surface area (Å²) in [5.74, 6) is 2.71. The normalized spacial score (nSPS) is 21.9. The van der Waals surface area contributed by atoms with Crippen LogP contribution in [0.25, 0.3) is 0 Å². The van der Waals surface area contributed by atoms with Gasteiger partial charge in [0.05, 0.1) is 13.7 Å². The van der Waals surface area contributed by atoms with E-state index in [1.165, 1.54) is 0 Å². The molecule has 0 amide bonds. The molecule has 4 rings (SSSR count). The molecule has 0 radical (unpaired) electrons. The highest BCUT2D eigenvalue weighted by molar-refractivity contribution is 9.10. The summed E-state index contributed by atoms with van der Waals surface area (Å²) < 4.78 is 18.1. The molecule has 0 saturated heterocycles. The number of rotatable bonds is 1. The number of benzene rings is 2. The summed E-state index contributed by atoms with van der Waals surface area (Å²) in [6.07, 6.45) is 0. The number of nitrogens with zero attached hydrogens (tertiary/aromatic N) is 1. The topological polar surface area (TPSA) is 66.1 Å². The van der Waals surface area contributed by atoms with E-state index < -0.39 is 5.54 Å². The summed E-state index contributed by atoms with van der Waals surface area (Å²) in [4.78, 5) is 4.79. The number of hydrogen-bond acceptors (Lipinski definition) is 5.